The van der Waals surface area contributed by atoms with E-state index in [9.17, 15) is 14.4 Å². The minimum atomic E-state index is -1.48. The fourth-order valence-electron chi connectivity index (χ4n) is 1.22. The number of hydrogen-bond acceptors (Lipinski definition) is 4. The third kappa shape index (κ3) is 1.54. The van der Waals surface area contributed by atoms with Crippen LogP contribution in [0.2, 0.25) is 0 Å². The van der Waals surface area contributed by atoms with Crippen LogP contribution >= 0.6 is 0 Å². The van der Waals surface area contributed by atoms with E-state index in [1.165, 1.54) is 12.3 Å². The number of carbonyl (C=O) groups is 1. The Balaban J connectivity index is 2.73. The Hall–Kier alpha value is -2.57. The van der Waals surface area contributed by atoms with Crippen LogP contribution in [-0.2, 0) is 0 Å². The zero-order chi connectivity index (χ0) is 11.7. The van der Waals surface area contributed by atoms with Crippen LogP contribution in [0.5, 0.6) is 0 Å². The Morgan fingerprint density at radius 2 is 2.19 bits per heavy atom. The van der Waals surface area contributed by atoms with Crippen molar-refractivity contribution in [2.75, 3.05) is 0 Å². The number of furan rings is 1. The normalized spacial score (nSPS) is 10.2. The summed E-state index contributed by atoms with van der Waals surface area (Å²) < 4.78 is 5.32. The van der Waals surface area contributed by atoms with Crippen molar-refractivity contribution in [2.24, 2.45) is 0 Å². The lowest BCUT2D eigenvalue weighted by molar-refractivity contribution is 0.195. The van der Waals surface area contributed by atoms with Gasteiger partial charge in [0.05, 0.1) is 11.8 Å². The lowest BCUT2D eigenvalue weighted by Crippen LogP contribution is -2.33. The second-order valence-electron chi connectivity index (χ2n) is 2.93. The van der Waals surface area contributed by atoms with Crippen molar-refractivity contribution >= 4 is 6.09 Å². The average Bonchev–Trinajstić information content (AvgIpc) is 2.70. The lowest BCUT2D eigenvalue weighted by Gasteiger charge is -1.99. The Morgan fingerprint density at radius 3 is 2.75 bits per heavy atom. The third-order valence-corrected chi connectivity index (χ3v) is 1.93. The van der Waals surface area contributed by atoms with Gasteiger partial charge in [0.15, 0.2) is 0 Å². The molecule has 0 saturated heterocycles. The van der Waals surface area contributed by atoms with E-state index in [2.05, 4.69) is 0 Å². The molecular formula is C9H6N2O5. The molecule has 0 saturated carbocycles. The maximum Gasteiger partial charge on any atom is 0.419 e. The molecule has 0 radical (unpaired) electrons. The Kier molecular flexibility index (Phi) is 2.20. The van der Waals surface area contributed by atoms with Crippen LogP contribution < -0.4 is 11.2 Å². The molecule has 0 aliphatic heterocycles. The van der Waals surface area contributed by atoms with Gasteiger partial charge >= 0.3 is 11.8 Å². The first-order valence-corrected chi connectivity index (χ1v) is 4.23. The topological polar surface area (TPSA) is 105 Å². The fourth-order valence-corrected chi connectivity index (χ4v) is 1.22. The van der Waals surface area contributed by atoms with Crippen LogP contribution in [0.1, 0.15) is 0 Å². The van der Waals surface area contributed by atoms with Gasteiger partial charge in [-0.05, 0) is 12.1 Å². The van der Waals surface area contributed by atoms with Crippen molar-refractivity contribution in [1.29, 1.82) is 0 Å². The van der Waals surface area contributed by atoms with Crippen LogP contribution in [0.25, 0.3) is 11.3 Å². The molecule has 0 spiro atoms. The summed E-state index contributed by atoms with van der Waals surface area (Å²) in [7, 11) is 0. The van der Waals surface area contributed by atoms with Gasteiger partial charge in [0.25, 0.3) is 5.56 Å². The van der Waals surface area contributed by atoms with Crippen LogP contribution in [0.15, 0.2) is 38.6 Å². The number of carboxylic acid groups (broad SMARTS) is 1. The molecule has 2 aromatic rings. The molecule has 0 aromatic carbocycles. The van der Waals surface area contributed by atoms with Gasteiger partial charge in [0.2, 0.25) is 0 Å². The summed E-state index contributed by atoms with van der Waals surface area (Å²) >= 11 is 0. The smallest absolute Gasteiger partial charge is 0.419 e. The number of nitrogens with zero attached hydrogens (tertiary/aromatic N) is 1. The molecule has 0 amide bonds. The fraction of sp³-hybridized carbons (Fsp3) is 0. The van der Waals surface area contributed by atoms with Gasteiger partial charge in [-0.3, -0.25) is 9.78 Å². The van der Waals surface area contributed by atoms with E-state index in [0.717, 1.165) is 6.20 Å². The van der Waals surface area contributed by atoms with Crippen LogP contribution in [-0.4, -0.2) is 20.8 Å². The van der Waals surface area contributed by atoms with E-state index in [1.54, 1.807) is 6.07 Å². The molecule has 16 heavy (non-hydrogen) atoms. The van der Waals surface area contributed by atoms with Crippen molar-refractivity contribution in [1.82, 2.24) is 9.55 Å². The van der Waals surface area contributed by atoms with Gasteiger partial charge < -0.3 is 9.52 Å². The van der Waals surface area contributed by atoms with E-state index < -0.39 is 17.3 Å². The molecule has 0 fully saturated rings. The average molecular weight is 222 g/mol. The highest BCUT2D eigenvalue weighted by atomic mass is 16.4. The van der Waals surface area contributed by atoms with Gasteiger partial charge in [0, 0.05) is 6.20 Å². The first kappa shape index (κ1) is 9.97. The highest BCUT2D eigenvalue weighted by Crippen LogP contribution is 2.13. The predicted octanol–water partition coefficient (Wildman–Crippen LogP) is 0.323. The quantitative estimate of drug-likeness (QED) is 0.722. The van der Waals surface area contributed by atoms with Crippen molar-refractivity contribution < 1.29 is 14.3 Å². The molecule has 7 heteroatoms. The third-order valence-electron chi connectivity index (χ3n) is 1.93. The molecule has 0 aliphatic carbocycles. The number of rotatable bonds is 1. The number of aromatic nitrogens is 2. The maximum atomic E-state index is 11.4. The van der Waals surface area contributed by atoms with Crippen LogP contribution in [0, 0.1) is 0 Å². The van der Waals surface area contributed by atoms with Gasteiger partial charge in [-0.25, -0.2) is 14.2 Å². The molecule has 7 nitrogen and oxygen atoms in total. The van der Waals surface area contributed by atoms with Crippen LogP contribution in [0.4, 0.5) is 4.79 Å². The summed E-state index contributed by atoms with van der Waals surface area (Å²) in [4.78, 5) is 35.0. The van der Waals surface area contributed by atoms with Crippen molar-refractivity contribution in [3.63, 3.8) is 0 Å². The highest BCUT2D eigenvalue weighted by molar-refractivity contribution is 5.69. The first-order chi connectivity index (χ1) is 7.59. The van der Waals surface area contributed by atoms with Gasteiger partial charge in [0.1, 0.15) is 5.76 Å². The Labute approximate surface area is 87.6 Å². The molecule has 0 atom stereocenters. The summed E-state index contributed by atoms with van der Waals surface area (Å²) in [5.41, 5.74) is -1.72. The van der Waals surface area contributed by atoms with Crippen molar-refractivity contribution in [2.45, 2.75) is 0 Å². The second-order valence-corrected chi connectivity index (χ2v) is 2.93. The van der Waals surface area contributed by atoms with Crippen molar-refractivity contribution in [3.8, 4) is 11.3 Å². The zero-order valence-electron chi connectivity index (χ0n) is 7.84. The molecule has 2 N–H and O–H groups in total. The summed E-state index contributed by atoms with van der Waals surface area (Å²) in [6.07, 6.45) is 0.780. The first-order valence-electron chi connectivity index (χ1n) is 4.23. The van der Waals surface area contributed by atoms with E-state index in [0.29, 0.717) is 4.57 Å². The minimum absolute atomic E-state index is 0.0213. The Bertz CT molecular complexity index is 635. The summed E-state index contributed by atoms with van der Waals surface area (Å²) in [6.45, 7) is 0. The molecule has 2 heterocycles. The number of hydrogen-bond donors (Lipinski definition) is 2. The zero-order valence-corrected chi connectivity index (χ0v) is 7.84. The monoisotopic (exact) mass is 222 g/mol. The predicted molar refractivity (Wildman–Crippen MR) is 52.4 cm³/mol. The molecule has 82 valence electrons. The molecular weight excluding hydrogens is 216 g/mol. The van der Waals surface area contributed by atoms with E-state index in [4.69, 9.17) is 9.52 Å². The maximum absolute atomic E-state index is 11.4. The van der Waals surface area contributed by atoms with Crippen molar-refractivity contribution in [3.05, 3.63) is 45.4 Å². The number of aromatic amines is 1. The second kappa shape index (κ2) is 3.54. The van der Waals surface area contributed by atoms with E-state index in [-0.39, 0.29) is 11.3 Å². The molecule has 0 aliphatic rings. The molecule has 2 aromatic heterocycles. The van der Waals surface area contributed by atoms with Gasteiger partial charge in [-0.2, -0.15) is 0 Å². The van der Waals surface area contributed by atoms with Crippen LogP contribution in [0.3, 0.4) is 0 Å². The SMILES string of the molecule is O=C(O)n1cc(-c2ccco2)c(=O)[nH]c1=O. The lowest BCUT2D eigenvalue weighted by atomic mass is 10.2. The largest absolute Gasteiger partial charge is 0.464 e. The molecule has 0 bridgehead atoms. The number of H-pyrrole nitrogens is 1. The molecule has 0 unspecified atom stereocenters. The standard InChI is InChI=1S/C9H6N2O5/c12-7-5(6-2-1-3-16-6)4-11(9(14)15)8(13)10-7/h1-4H,(H,14,15)(H,10,12,13). The Morgan fingerprint density at radius 1 is 1.44 bits per heavy atom. The highest BCUT2D eigenvalue weighted by Gasteiger charge is 2.12. The molecule has 2 rings (SSSR count). The van der Waals surface area contributed by atoms with E-state index in [1.807, 2.05) is 4.98 Å². The van der Waals surface area contributed by atoms with Gasteiger partial charge in [-0.15, -0.1) is 0 Å². The van der Waals surface area contributed by atoms with Gasteiger partial charge in [-0.1, -0.05) is 0 Å². The summed E-state index contributed by atoms with van der Waals surface area (Å²) in [5.74, 6) is 0.191. The number of nitrogens with one attached hydrogen (secondary N) is 1. The summed E-state index contributed by atoms with van der Waals surface area (Å²) in [5, 5.41) is 8.69. The minimum Gasteiger partial charge on any atom is -0.464 e. The summed E-state index contributed by atoms with van der Waals surface area (Å²) in [6, 6.07) is 3.03. The van der Waals surface area contributed by atoms with E-state index >= 15 is 0 Å².